The molecule has 2 nitrogen and oxygen atoms in total. The number of carbonyl (C=O) groups is 1. The number of alkyl halides is 2. The van der Waals surface area contributed by atoms with Gasteiger partial charge in [0.2, 0.25) is 0 Å². The molecule has 0 aliphatic carbocycles. The van der Waals surface area contributed by atoms with Gasteiger partial charge in [0.25, 0.3) is 6.43 Å². The van der Waals surface area contributed by atoms with Gasteiger partial charge in [-0.1, -0.05) is 11.6 Å². The second-order valence-corrected chi connectivity index (χ2v) is 3.26. The van der Waals surface area contributed by atoms with Gasteiger partial charge in [0.15, 0.2) is 5.78 Å². The molecule has 0 N–H and O–H groups in total. The maximum atomic E-state index is 12.7. The molecule has 0 saturated carbocycles. The van der Waals surface area contributed by atoms with E-state index >= 15 is 0 Å². The van der Waals surface area contributed by atoms with E-state index in [4.69, 9.17) is 16.9 Å². The van der Waals surface area contributed by atoms with Crippen molar-refractivity contribution in [1.82, 2.24) is 0 Å². The number of Topliss-reactive ketones (excluding diaryl/α,β-unsaturated/α-hetero) is 1. The Morgan fingerprint density at radius 1 is 1.53 bits per heavy atom. The molecule has 15 heavy (non-hydrogen) atoms. The topological polar surface area (TPSA) is 40.9 Å². The lowest BCUT2D eigenvalue weighted by Gasteiger charge is -2.08. The number of nitrogens with zero attached hydrogens (tertiary/aromatic N) is 1. The summed E-state index contributed by atoms with van der Waals surface area (Å²) in [4.78, 5) is 11.1. The molecule has 1 aromatic carbocycles. The van der Waals surface area contributed by atoms with Crippen LogP contribution in [0.2, 0.25) is 5.02 Å². The summed E-state index contributed by atoms with van der Waals surface area (Å²) in [5, 5.41) is 8.60. The number of benzene rings is 1. The lowest BCUT2D eigenvalue weighted by atomic mass is 9.99. The van der Waals surface area contributed by atoms with Crippen LogP contribution in [0.15, 0.2) is 12.1 Å². The quantitative estimate of drug-likeness (QED) is 0.730. The van der Waals surface area contributed by atoms with Crippen LogP contribution in [0.1, 0.15) is 34.8 Å². The van der Waals surface area contributed by atoms with Gasteiger partial charge < -0.3 is 0 Å². The summed E-state index contributed by atoms with van der Waals surface area (Å²) in [6, 6.07) is 4.04. The Hall–Kier alpha value is -1.47. The molecule has 0 radical (unpaired) electrons. The van der Waals surface area contributed by atoms with Gasteiger partial charge in [-0.2, -0.15) is 5.26 Å². The number of rotatable bonds is 2. The zero-order chi connectivity index (χ0) is 11.6. The number of halogens is 3. The highest BCUT2D eigenvalue weighted by Crippen LogP contribution is 2.31. The van der Waals surface area contributed by atoms with Crippen molar-refractivity contribution in [3.8, 4) is 6.07 Å². The third-order valence-corrected chi connectivity index (χ3v) is 2.22. The maximum Gasteiger partial charge on any atom is 0.265 e. The van der Waals surface area contributed by atoms with Crippen molar-refractivity contribution in [2.75, 3.05) is 0 Å². The Morgan fingerprint density at radius 3 is 2.53 bits per heavy atom. The van der Waals surface area contributed by atoms with E-state index in [1.165, 1.54) is 12.1 Å². The summed E-state index contributed by atoms with van der Waals surface area (Å²) in [5.74, 6) is -0.515. The third kappa shape index (κ3) is 2.13. The highest BCUT2D eigenvalue weighted by atomic mass is 35.5. The van der Waals surface area contributed by atoms with Crippen LogP contribution < -0.4 is 0 Å². The van der Waals surface area contributed by atoms with Crippen LogP contribution in [0.3, 0.4) is 0 Å². The maximum absolute atomic E-state index is 12.7. The largest absolute Gasteiger partial charge is 0.294 e. The summed E-state index contributed by atoms with van der Waals surface area (Å²) in [7, 11) is 0. The van der Waals surface area contributed by atoms with E-state index in [1.54, 1.807) is 6.07 Å². The second kappa shape index (κ2) is 4.37. The van der Waals surface area contributed by atoms with Crippen molar-refractivity contribution >= 4 is 17.4 Å². The molecule has 0 aliphatic heterocycles. The van der Waals surface area contributed by atoms with E-state index in [9.17, 15) is 13.6 Å². The lowest BCUT2D eigenvalue weighted by molar-refractivity contribution is 0.0999. The molecular weight excluding hydrogens is 224 g/mol. The van der Waals surface area contributed by atoms with Crippen molar-refractivity contribution < 1.29 is 13.6 Å². The fraction of sp³-hybridized carbons (Fsp3) is 0.200. The first-order valence-corrected chi connectivity index (χ1v) is 4.38. The Morgan fingerprint density at radius 2 is 2.13 bits per heavy atom. The molecule has 0 unspecified atom stereocenters. The van der Waals surface area contributed by atoms with E-state index in [1.807, 2.05) is 0 Å². The number of nitriles is 1. The van der Waals surface area contributed by atoms with Crippen LogP contribution in [0.25, 0.3) is 0 Å². The van der Waals surface area contributed by atoms with Crippen molar-refractivity contribution in [3.05, 3.63) is 33.8 Å². The van der Waals surface area contributed by atoms with Crippen molar-refractivity contribution in [1.29, 1.82) is 5.26 Å². The Bertz CT molecular complexity index is 451. The number of hydrogen-bond acceptors (Lipinski definition) is 2. The third-order valence-electron chi connectivity index (χ3n) is 1.90. The number of hydrogen-bond donors (Lipinski definition) is 0. The van der Waals surface area contributed by atoms with E-state index in [2.05, 4.69) is 0 Å². The van der Waals surface area contributed by atoms with Crippen LogP contribution >= 0.6 is 11.6 Å². The van der Waals surface area contributed by atoms with Crippen molar-refractivity contribution in [3.63, 3.8) is 0 Å². The predicted molar refractivity (Wildman–Crippen MR) is 51.1 cm³/mol. The minimum absolute atomic E-state index is 0.0715. The Kier molecular flexibility index (Phi) is 3.38. The van der Waals surface area contributed by atoms with Crippen molar-refractivity contribution in [2.24, 2.45) is 0 Å². The van der Waals surface area contributed by atoms with Gasteiger partial charge >= 0.3 is 0 Å². The summed E-state index contributed by atoms with van der Waals surface area (Å²) < 4.78 is 25.3. The molecule has 5 heteroatoms. The molecule has 1 aromatic rings. The minimum atomic E-state index is -2.89. The van der Waals surface area contributed by atoms with Gasteiger partial charge in [-0.15, -0.1) is 0 Å². The Labute approximate surface area is 90.1 Å². The van der Waals surface area contributed by atoms with E-state index in [-0.39, 0.29) is 16.1 Å². The van der Waals surface area contributed by atoms with E-state index in [0.717, 1.165) is 6.92 Å². The zero-order valence-electron chi connectivity index (χ0n) is 7.72. The molecule has 0 fully saturated rings. The molecule has 0 aliphatic rings. The first-order valence-electron chi connectivity index (χ1n) is 4.00. The average Bonchev–Trinajstić information content (AvgIpc) is 2.16. The molecule has 0 saturated heterocycles. The summed E-state index contributed by atoms with van der Waals surface area (Å²) in [5.41, 5.74) is -1.08. The fourth-order valence-electron chi connectivity index (χ4n) is 1.24. The molecule has 0 amide bonds. The predicted octanol–water partition coefficient (Wildman–Crippen LogP) is 3.35. The smallest absolute Gasteiger partial charge is 0.265 e. The van der Waals surface area contributed by atoms with Gasteiger partial charge in [0, 0.05) is 11.1 Å². The molecule has 78 valence electrons. The van der Waals surface area contributed by atoms with Crippen LogP contribution in [0.5, 0.6) is 0 Å². The highest BCUT2D eigenvalue weighted by molar-refractivity contribution is 6.32. The van der Waals surface area contributed by atoms with E-state index < -0.39 is 17.8 Å². The first kappa shape index (κ1) is 11.6. The van der Waals surface area contributed by atoms with Crippen LogP contribution in [0.4, 0.5) is 8.78 Å². The SMILES string of the molecule is CC(=O)c1ccc(Cl)c(C#N)c1C(F)F. The minimum Gasteiger partial charge on any atom is -0.294 e. The van der Waals surface area contributed by atoms with Gasteiger partial charge in [-0.05, 0) is 19.1 Å². The Balaban J connectivity index is 3.58. The normalized spacial score (nSPS) is 10.1. The number of ketones is 1. The van der Waals surface area contributed by atoms with Crippen LogP contribution in [-0.4, -0.2) is 5.78 Å². The lowest BCUT2D eigenvalue weighted by Crippen LogP contribution is -2.03. The van der Waals surface area contributed by atoms with Gasteiger partial charge in [-0.25, -0.2) is 8.78 Å². The van der Waals surface area contributed by atoms with Gasteiger partial charge in [0.1, 0.15) is 6.07 Å². The summed E-state index contributed by atoms with van der Waals surface area (Å²) in [6.07, 6.45) is -2.89. The molecule has 0 heterocycles. The highest BCUT2D eigenvalue weighted by Gasteiger charge is 2.22. The molecule has 1 rings (SSSR count). The van der Waals surface area contributed by atoms with Crippen LogP contribution in [0, 0.1) is 11.3 Å². The molecule has 0 bridgehead atoms. The molecular formula is C10H6ClF2NO. The van der Waals surface area contributed by atoms with Gasteiger partial charge in [0.05, 0.1) is 10.6 Å². The summed E-state index contributed by atoms with van der Waals surface area (Å²) >= 11 is 5.58. The monoisotopic (exact) mass is 229 g/mol. The van der Waals surface area contributed by atoms with E-state index in [0.29, 0.717) is 0 Å². The second-order valence-electron chi connectivity index (χ2n) is 2.85. The molecule has 0 spiro atoms. The first-order chi connectivity index (χ1) is 6.99. The van der Waals surface area contributed by atoms with Gasteiger partial charge in [-0.3, -0.25) is 4.79 Å². The molecule has 0 aromatic heterocycles. The average molecular weight is 230 g/mol. The molecule has 0 atom stereocenters. The number of carbonyl (C=O) groups excluding carboxylic acids is 1. The zero-order valence-corrected chi connectivity index (χ0v) is 8.48. The summed E-state index contributed by atoms with van der Waals surface area (Å²) in [6.45, 7) is 1.16. The fourth-order valence-corrected chi connectivity index (χ4v) is 1.45. The van der Waals surface area contributed by atoms with Crippen LogP contribution in [-0.2, 0) is 0 Å². The standard InChI is InChI=1S/C10H6ClF2NO/c1-5(15)6-2-3-8(11)7(4-14)9(6)10(12)13/h2-3,10H,1H3. The van der Waals surface area contributed by atoms with Crippen molar-refractivity contribution in [2.45, 2.75) is 13.3 Å².